The Balaban J connectivity index is 1.91. The van der Waals surface area contributed by atoms with Gasteiger partial charge in [0.05, 0.1) is 0 Å². The second-order valence-corrected chi connectivity index (χ2v) is 5.71. The molecule has 1 fully saturated rings. The average Bonchev–Trinajstić information content (AvgIpc) is 2.83. The summed E-state index contributed by atoms with van der Waals surface area (Å²) >= 11 is 5.91. The molecule has 0 saturated heterocycles. The van der Waals surface area contributed by atoms with Crippen LogP contribution in [0.3, 0.4) is 0 Å². The Morgan fingerprint density at radius 2 is 1.71 bits per heavy atom. The molecule has 1 saturated carbocycles. The summed E-state index contributed by atoms with van der Waals surface area (Å²) in [6.45, 7) is 4.55. The van der Waals surface area contributed by atoms with E-state index >= 15 is 0 Å². The van der Waals surface area contributed by atoms with E-state index in [9.17, 15) is 0 Å². The van der Waals surface area contributed by atoms with Crippen LogP contribution in [0.2, 0.25) is 5.02 Å². The van der Waals surface area contributed by atoms with Crippen LogP contribution in [0.1, 0.15) is 51.1 Å². The molecular formula is C15H22ClN. The second kappa shape index (κ2) is 5.88. The van der Waals surface area contributed by atoms with Crippen LogP contribution in [-0.4, -0.2) is 6.04 Å². The number of benzene rings is 1. The molecule has 2 rings (SSSR count). The van der Waals surface area contributed by atoms with Crippen LogP contribution in [0.25, 0.3) is 0 Å². The van der Waals surface area contributed by atoms with Gasteiger partial charge in [-0.25, -0.2) is 0 Å². The predicted molar refractivity (Wildman–Crippen MR) is 74.4 cm³/mol. The summed E-state index contributed by atoms with van der Waals surface area (Å²) in [6.07, 6.45) is 5.60. The summed E-state index contributed by atoms with van der Waals surface area (Å²) in [5.74, 6) is 0.866. The zero-order chi connectivity index (χ0) is 12.3. The molecule has 1 N–H and O–H groups in total. The van der Waals surface area contributed by atoms with Gasteiger partial charge in [0.1, 0.15) is 0 Å². The fourth-order valence-electron chi connectivity index (χ4n) is 2.84. The molecule has 2 atom stereocenters. The van der Waals surface area contributed by atoms with E-state index in [1.165, 1.54) is 31.2 Å². The van der Waals surface area contributed by atoms with Crippen molar-refractivity contribution in [2.24, 2.45) is 5.92 Å². The lowest BCUT2D eigenvalue weighted by Gasteiger charge is -2.25. The highest BCUT2D eigenvalue weighted by molar-refractivity contribution is 6.30. The van der Waals surface area contributed by atoms with Crippen LogP contribution < -0.4 is 5.32 Å². The molecule has 0 amide bonds. The highest BCUT2D eigenvalue weighted by atomic mass is 35.5. The quantitative estimate of drug-likeness (QED) is 0.827. The standard InChI is InChI=1S/C15H22ClN/c1-11(13-5-3-4-6-13)17-12(2)14-7-9-15(16)10-8-14/h7-13,17H,3-6H2,1-2H3/t11?,12-/m0/s1. The second-order valence-electron chi connectivity index (χ2n) is 5.27. The summed E-state index contributed by atoms with van der Waals surface area (Å²) < 4.78 is 0. The van der Waals surface area contributed by atoms with Gasteiger partial charge in [-0.15, -0.1) is 0 Å². The van der Waals surface area contributed by atoms with Crippen LogP contribution in [-0.2, 0) is 0 Å². The summed E-state index contributed by atoms with van der Waals surface area (Å²) in [4.78, 5) is 0. The minimum Gasteiger partial charge on any atom is -0.307 e. The Bertz CT molecular complexity index is 340. The third kappa shape index (κ3) is 3.46. The molecule has 94 valence electrons. The number of halogens is 1. The first kappa shape index (κ1) is 12.9. The van der Waals surface area contributed by atoms with E-state index < -0.39 is 0 Å². The summed E-state index contributed by atoms with van der Waals surface area (Å²) in [7, 11) is 0. The molecule has 0 bridgehead atoms. The van der Waals surface area contributed by atoms with E-state index in [-0.39, 0.29) is 0 Å². The first-order chi connectivity index (χ1) is 8.16. The van der Waals surface area contributed by atoms with Gasteiger partial charge < -0.3 is 5.32 Å². The monoisotopic (exact) mass is 251 g/mol. The zero-order valence-corrected chi connectivity index (χ0v) is 11.5. The summed E-state index contributed by atoms with van der Waals surface area (Å²) in [5.41, 5.74) is 1.32. The predicted octanol–water partition coefficient (Wildman–Crippen LogP) is 4.57. The van der Waals surface area contributed by atoms with Crippen molar-refractivity contribution in [3.05, 3.63) is 34.9 Å². The van der Waals surface area contributed by atoms with Crippen LogP contribution in [0.4, 0.5) is 0 Å². The average molecular weight is 252 g/mol. The molecule has 1 aliphatic rings. The molecule has 0 aromatic heterocycles. The van der Waals surface area contributed by atoms with Gasteiger partial charge >= 0.3 is 0 Å². The van der Waals surface area contributed by atoms with E-state index in [4.69, 9.17) is 11.6 Å². The van der Waals surface area contributed by atoms with Crippen molar-refractivity contribution in [2.45, 2.75) is 51.6 Å². The van der Waals surface area contributed by atoms with E-state index in [2.05, 4.69) is 31.3 Å². The van der Waals surface area contributed by atoms with Crippen molar-refractivity contribution in [1.29, 1.82) is 0 Å². The third-order valence-electron chi connectivity index (χ3n) is 3.99. The molecule has 1 aromatic rings. The molecule has 0 aliphatic heterocycles. The Morgan fingerprint density at radius 1 is 1.12 bits per heavy atom. The van der Waals surface area contributed by atoms with Gasteiger partial charge in [0.25, 0.3) is 0 Å². The van der Waals surface area contributed by atoms with Crippen LogP contribution in [0.5, 0.6) is 0 Å². The third-order valence-corrected chi connectivity index (χ3v) is 4.24. The summed E-state index contributed by atoms with van der Waals surface area (Å²) in [5, 5.41) is 4.52. The van der Waals surface area contributed by atoms with Crippen molar-refractivity contribution < 1.29 is 0 Å². The SMILES string of the molecule is CC(N[C@@H](C)c1ccc(Cl)cc1)C1CCCC1. The molecular weight excluding hydrogens is 230 g/mol. The number of hydrogen-bond acceptors (Lipinski definition) is 1. The number of hydrogen-bond donors (Lipinski definition) is 1. The normalized spacial score (nSPS) is 20.4. The fourth-order valence-corrected chi connectivity index (χ4v) is 2.96. The first-order valence-electron chi connectivity index (χ1n) is 6.68. The van der Waals surface area contributed by atoms with E-state index in [1.54, 1.807) is 0 Å². The van der Waals surface area contributed by atoms with Crippen molar-refractivity contribution in [2.75, 3.05) is 0 Å². The van der Waals surface area contributed by atoms with E-state index in [0.29, 0.717) is 12.1 Å². The molecule has 0 radical (unpaired) electrons. The zero-order valence-electron chi connectivity index (χ0n) is 10.7. The lowest BCUT2D eigenvalue weighted by atomic mass is 9.98. The molecule has 0 heterocycles. The first-order valence-corrected chi connectivity index (χ1v) is 7.06. The lowest BCUT2D eigenvalue weighted by Crippen LogP contribution is -2.34. The maximum absolute atomic E-state index is 5.91. The molecule has 1 nitrogen and oxygen atoms in total. The van der Waals surface area contributed by atoms with Crippen LogP contribution in [0, 0.1) is 5.92 Å². The van der Waals surface area contributed by atoms with Gasteiger partial charge in [-0.3, -0.25) is 0 Å². The lowest BCUT2D eigenvalue weighted by molar-refractivity contribution is 0.352. The van der Waals surface area contributed by atoms with Gasteiger partial charge in [0, 0.05) is 17.1 Å². The fraction of sp³-hybridized carbons (Fsp3) is 0.600. The largest absolute Gasteiger partial charge is 0.307 e. The minimum atomic E-state index is 0.405. The highest BCUT2D eigenvalue weighted by Gasteiger charge is 2.22. The molecule has 0 spiro atoms. The molecule has 1 aliphatic carbocycles. The van der Waals surface area contributed by atoms with Crippen LogP contribution >= 0.6 is 11.6 Å². The van der Waals surface area contributed by atoms with Gasteiger partial charge in [0.15, 0.2) is 0 Å². The van der Waals surface area contributed by atoms with Gasteiger partial charge in [-0.2, -0.15) is 0 Å². The Hall–Kier alpha value is -0.530. The maximum Gasteiger partial charge on any atom is 0.0406 e. The number of rotatable bonds is 4. The van der Waals surface area contributed by atoms with Gasteiger partial charge in [0.2, 0.25) is 0 Å². The number of nitrogens with one attached hydrogen (secondary N) is 1. The topological polar surface area (TPSA) is 12.0 Å². The molecule has 1 aromatic carbocycles. The Morgan fingerprint density at radius 3 is 2.29 bits per heavy atom. The molecule has 1 unspecified atom stereocenters. The van der Waals surface area contributed by atoms with E-state index in [0.717, 1.165) is 10.9 Å². The highest BCUT2D eigenvalue weighted by Crippen LogP contribution is 2.28. The van der Waals surface area contributed by atoms with Gasteiger partial charge in [-0.1, -0.05) is 36.6 Å². The smallest absolute Gasteiger partial charge is 0.0406 e. The molecule has 2 heteroatoms. The van der Waals surface area contributed by atoms with Crippen molar-refractivity contribution in [3.8, 4) is 0 Å². The van der Waals surface area contributed by atoms with Crippen LogP contribution in [0.15, 0.2) is 24.3 Å². The van der Waals surface area contributed by atoms with E-state index in [1.807, 2.05) is 12.1 Å². The van der Waals surface area contributed by atoms with Gasteiger partial charge in [-0.05, 0) is 50.3 Å². The van der Waals surface area contributed by atoms with Crippen molar-refractivity contribution >= 4 is 11.6 Å². The Kier molecular flexibility index (Phi) is 4.47. The van der Waals surface area contributed by atoms with Crippen molar-refractivity contribution in [1.82, 2.24) is 5.32 Å². The molecule has 17 heavy (non-hydrogen) atoms. The Labute approximate surface area is 110 Å². The summed E-state index contributed by atoms with van der Waals surface area (Å²) in [6, 6.07) is 9.18. The minimum absolute atomic E-state index is 0.405. The maximum atomic E-state index is 5.91. The van der Waals surface area contributed by atoms with Crippen molar-refractivity contribution in [3.63, 3.8) is 0 Å².